The molecule has 4 heteroatoms. The Morgan fingerprint density at radius 1 is 0.788 bits per heavy atom. The summed E-state index contributed by atoms with van der Waals surface area (Å²) in [7, 11) is 0. The van der Waals surface area contributed by atoms with Crippen LogP contribution in [-0.4, -0.2) is 67.1 Å². The molecule has 4 rings (SSSR count). The van der Waals surface area contributed by atoms with Crippen molar-refractivity contribution in [1.82, 2.24) is 9.80 Å². The van der Waals surface area contributed by atoms with Crippen LogP contribution in [0.1, 0.15) is 76.2 Å². The fourth-order valence-corrected chi connectivity index (χ4v) is 6.21. The number of nitrogens with zero attached hydrogens (tertiary/aromatic N) is 2. The fourth-order valence-electron chi connectivity index (χ4n) is 6.21. The molecule has 1 aliphatic carbocycles. The third-order valence-corrected chi connectivity index (χ3v) is 8.52. The number of benzene rings is 1. The second-order valence-electron chi connectivity index (χ2n) is 11.1. The molecule has 2 saturated heterocycles. The molecule has 3 fully saturated rings. The van der Waals surface area contributed by atoms with E-state index >= 15 is 0 Å². The molecule has 0 aromatic heterocycles. The highest BCUT2D eigenvalue weighted by Crippen LogP contribution is 2.27. The minimum Gasteiger partial charge on any atom is -0.368 e. The number of hydrogen-bond donors (Lipinski definition) is 1. The van der Waals surface area contributed by atoms with Crippen molar-refractivity contribution in [3.63, 3.8) is 0 Å². The maximum Gasteiger partial charge on any atom is 0.157 e. The van der Waals surface area contributed by atoms with Crippen LogP contribution in [0.5, 0.6) is 0 Å². The molecule has 2 heterocycles. The number of aryl methyl sites for hydroxylation is 1. The van der Waals surface area contributed by atoms with Gasteiger partial charge in [0.25, 0.3) is 0 Å². The molecule has 1 N–H and O–H groups in total. The van der Waals surface area contributed by atoms with Crippen molar-refractivity contribution in [2.24, 2.45) is 17.8 Å². The third kappa shape index (κ3) is 8.65. The fraction of sp³-hybridized carbons (Fsp3) is 0.793. The lowest BCUT2D eigenvalue weighted by Crippen LogP contribution is -2.41. The minimum atomic E-state index is -0.564. The van der Waals surface area contributed by atoms with E-state index in [1.807, 2.05) is 0 Å². The number of unbranched alkanes of at least 4 members (excludes halogenated alkanes) is 1. The van der Waals surface area contributed by atoms with Crippen molar-refractivity contribution in [2.45, 2.75) is 83.3 Å². The van der Waals surface area contributed by atoms with Crippen LogP contribution in [0, 0.1) is 17.8 Å². The number of ether oxygens (including phenoxy) is 1. The quantitative estimate of drug-likeness (QED) is 0.360. The minimum absolute atomic E-state index is 0.317. The molecule has 33 heavy (non-hydrogen) atoms. The zero-order valence-corrected chi connectivity index (χ0v) is 20.9. The van der Waals surface area contributed by atoms with Gasteiger partial charge < -0.3 is 19.6 Å². The van der Waals surface area contributed by atoms with Crippen LogP contribution in [0.15, 0.2) is 30.3 Å². The topological polar surface area (TPSA) is 35.9 Å². The van der Waals surface area contributed by atoms with Crippen LogP contribution >= 0.6 is 0 Å². The summed E-state index contributed by atoms with van der Waals surface area (Å²) in [4.78, 5) is 5.27. The number of piperidine rings is 2. The summed E-state index contributed by atoms with van der Waals surface area (Å²) in [6.45, 7) is 7.92. The summed E-state index contributed by atoms with van der Waals surface area (Å²) in [5.41, 5.74) is 1.45. The summed E-state index contributed by atoms with van der Waals surface area (Å²) >= 11 is 0. The Balaban J connectivity index is 1.03. The molecule has 1 aromatic rings. The molecule has 1 saturated carbocycles. The lowest BCUT2D eigenvalue weighted by atomic mass is 9.88. The molecule has 0 spiro atoms. The molecule has 0 bridgehead atoms. The molecule has 4 nitrogen and oxygen atoms in total. The predicted molar refractivity (Wildman–Crippen MR) is 136 cm³/mol. The lowest BCUT2D eigenvalue weighted by molar-refractivity contribution is -0.154. The predicted octanol–water partition coefficient (Wildman–Crippen LogP) is 5.35. The molecule has 1 unspecified atom stereocenters. The molecule has 186 valence electrons. The van der Waals surface area contributed by atoms with Gasteiger partial charge >= 0.3 is 0 Å². The maximum atomic E-state index is 10.6. The monoisotopic (exact) mass is 456 g/mol. The number of aliphatic hydroxyl groups is 1. The lowest BCUT2D eigenvalue weighted by Gasteiger charge is -2.36. The van der Waals surface area contributed by atoms with Crippen LogP contribution in [0.25, 0.3) is 0 Å². The van der Waals surface area contributed by atoms with Gasteiger partial charge in [0.2, 0.25) is 0 Å². The maximum absolute atomic E-state index is 10.6. The zero-order chi connectivity index (χ0) is 22.7. The van der Waals surface area contributed by atoms with E-state index in [2.05, 4.69) is 40.1 Å². The van der Waals surface area contributed by atoms with E-state index in [1.165, 1.54) is 96.0 Å². The number of aliphatic hydroxyl groups excluding tert-OH is 1. The van der Waals surface area contributed by atoms with Gasteiger partial charge in [-0.2, -0.15) is 0 Å². The van der Waals surface area contributed by atoms with E-state index in [4.69, 9.17) is 4.74 Å². The summed E-state index contributed by atoms with van der Waals surface area (Å²) in [6.07, 6.45) is 15.0. The third-order valence-electron chi connectivity index (χ3n) is 8.52. The molecule has 0 radical (unpaired) electrons. The van der Waals surface area contributed by atoms with Gasteiger partial charge in [-0.1, -0.05) is 49.6 Å². The van der Waals surface area contributed by atoms with Gasteiger partial charge in [0.05, 0.1) is 6.61 Å². The Morgan fingerprint density at radius 3 is 2.21 bits per heavy atom. The van der Waals surface area contributed by atoms with Gasteiger partial charge in [0.15, 0.2) is 6.29 Å². The summed E-state index contributed by atoms with van der Waals surface area (Å²) in [5, 5.41) is 10.6. The molecule has 2 aliphatic heterocycles. The highest BCUT2D eigenvalue weighted by atomic mass is 16.6. The van der Waals surface area contributed by atoms with E-state index in [-0.39, 0.29) is 0 Å². The molecule has 3 aliphatic rings. The van der Waals surface area contributed by atoms with E-state index in [9.17, 15) is 5.11 Å². The summed E-state index contributed by atoms with van der Waals surface area (Å²) in [6, 6.07) is 10.8. The van der Waals surface area contributed by atoms with Gasteiger partial charge in [-0.25, -0.2) is 0 Å². The first-order valence-electron chi connectivity index (χ1n) is 14.0. The molecule has 0 amide bonds. The van der Waals surface area contributed by atoms with Crippen LogP contribution in [0.2, 0.25) is 0 Å². The zero-order valence-electron chi connectivity index (χ0n) is 20.9. The Labute approximate surface area is 202 Å². The van der Waals surface area contributed by atoms with Crippen LogP contribution in [0.3, 0.4) is 0 Å². The van der Waals surface area contributed by atoms with Crippen LogP contribution in [0.4, 0.5) is 0 Å². The van der Waals surface area contributed by atoms with Crippen molar-refractivity contribution in [3.05, 3.63) is 35.9 Å². The van der Waals surface area contributed by atoms with Crippen molar-refractivity contribution in [2.75, 3.05) is 45.9 Å². The first-order chi connectivity index (χ1) is 16.3. The van der Waals surface area contributed by atoms with Gasteiger partial charge in [0.1, 0.15) is 0 Å². The molecule has 1 atom stereocenters. The highest BCUT2D eigenvalue weighted by Gasteiger charge is 2.28. The van der Waals surface area contributed by atoms with Crippen molar-refractivity contribution < 1.29 is 9.84 Å². The Bertz CT molecular complexity index is 632. The van der Waals surface area contributed by atoms with Crippen molar-refractivity contribution in [3.8, 4) is 0 Å². The Kier molecular flexibility index (Phi) is 10.5. The second kappa shape index (κ2) is 13.8. The largest absolute Gasteiger partial charge is 0.368 e. The van der Waals surface area contributed by atoms with Crippen LogP contribution in [-0.2, 0) is 11.2 Å². The van der Waals surface area contributed by atoms with E-state index in [0.717, 1.165) is 38.5 Å². The Hall–Kier alpha value is -0.940. The van der Waals surface area contributed by atoms with Crippen LogP contribution < -0.4 is 0 Å². The molecular weight excluding hydrogens is 408 g/mol. The highest BCUT2D eigenvalue weighted by molar-refractivity contribution is 5.14. The summed E-state index contributed by atoms with van der Waals surface area (Å²) in [5.74, 6) is 1.90. The van der Waals surface area contributed by atoms with Gasteiger partial charge in [-0.3, -0.25) is 0 Å². The van der Waals surface area contributed by atoms with E-state index in [1.54, 1.807) is 0 Å². The standard InChI is InChI=1S/C29H48N2O2/c32-29(33-24-27-14-19-31(20-15-27)23-26-12-5-2-6-13-26)28-16-21-30(22-17-28)18-8-7-11-25-9-3-1-4-10-25/h1,3-4,9-10,26-29,32H,2,5-8,11-24H2. The normalized spacial score (nSPS) is 23.7. The smallest absolute Gasteiger partial charge is 0.157 e. The van der Waals surface area contributed by atoms with Crippen molar-refractivity contribution >= 4 is 0 Å². The van der Waals surface area contributed by atoms with E-state index in [0.29, 0.717) is 11.8 Å². The molecule has 1 aromatic carbocycles. The van der Waals surface area contributed by atoms with Gasteiger partial charge in [-0.15, -0.1) is 0 Å². The number of hydrogen-bond acceptors (Lipinski definition) is 4. The summed E-state index contributed by atoms with van der Waals surface area (Å²) < 4.78 is 6.01. The first kappa shape index (κ1) is 25.2. The second-order valence-corrected chi connectivity index (χ2v) is 11.1. The van der Waals surface area contributed by atoms with E-state index < -0.39 is 6.29 Å². The SMILES string of the molecule is OC(OCC1CCN(CC2CCCCC2)CC1)C1CCN(CCCCc2ccccc2)CC1. The van der Waals surface area contributed by atoms with Gasteiger partial charge in [0, 0.05) is 12.5 Å². The Morgan fingerprint density at radius 2 is 1.48 bits per heavy atom. The number of rotatable bonds is 11. The molecular formula is C29H48N2O2. The first-order valence-corrected chi connectivity index (χ1v) is 14.0. The average molecular weight is 457 g/mol. The van der Waals surface area contributed by atoms with Gasteiger partial charge in [-0.05, 0) is 108 Å². The van der Waals surface area contributed by atoms with Crippen molar-refractivity contribution in [1.29, 1.82) is 0 Å². The number of likely N-dealkylation sites (tertiary alicyclic amines) is 2. The average Bonchev–Trinajstić information content (AvgIpc) is 2.88.